The van der Waals surface area contributed by atoms with E-state index in [1.165, 1.54) is 11.0 Å². The first-order valence-electron chi connectivity index (χ1n) is 7.40. The third-order valence-corrected chi connectivity index (χ3v) is 7.29. The number of nitrogens with one attached hydrogen (secondary N) is 1. The fraction of sp³-hybridized carbons (Fsp3) is 0.400. The fourth-order valence-electron chi connectivity index (χ4n) is 3.06. The average Bonchev–Trinajstić information content (AvgIpc) is 2.84. The minimum absolute atomic E-state index is 0.00335. The van der Waals surface area contributed by atoms with Crippen LogP contribution in [0.1, 0.15) is 28.8 Å². The van der Waals surface area contributed by atoms with Gasteiger partial charge in [0.1, 0.15) is 6.04 Å². The van der Waals surface area contributed by atoms with Gasteiger partial charge in [-0.3, -0.25) is 19.7 Å². The molecule has 1 fully saturated rings. The number of nitrogens with zero attached hydrogens (tertiary/aromatic N) is 1. The topological polar surface area (TPSA) is 101 Å². The van der Waals surface area contributed by atoms with E-state index in [1.807, 2.05) is 22.6 Å². The highest BCUT2D eigenvalue weighted by Crippen LogP contribution is 2.32. The summed E-state index contributed by atoms with van der Waals surface area (Å²) in [4.78, 5) is 37.4. The molecule has 0 radical (unpaired) electrons. The molecule has 24 heavy (non-hydrogen) atoms. The molecule has 1 N–H and O–H groups in total. The van der Waals surface area contributed by atoms with Gasteiger partial charge in [-0.15, -0.1) is 0 Å². The number of sulfone groups is 1. The number of carbonyl (C=O) groups excluding carboxylic acids is 3. The molecule has 2 aliphatic heterocycles. The zero-order valence-electron chi connectivity index (χ0n) is 12.6. The highest BCUT2D eigenvalue weighted by atomic mass is 127. The molecule has 0 aliphatic carbocycles. The molecule has 3 amide bonds. The lowest BCUT2D eigenvalue weighted by atomic mass is 10.0. The highest BCUT2D eigenvalue weighted by molar-refractivity contribution is 14.1. The molecule has 2 heterocycles. The van der Waals surface area contributed by atoms with Crippen LogP contribution >= 0.6 is 22.6 Å². The molecular formula is C15H15IN2O5S. The van der Waals surface area contributed by atoms with Crippen molar-refractivity contribution in [2.24, 2.45) is 0 Å². The van der Waals surface area contributed by atoms with E-state index in [4.69, 9.17) is 0 Å². The van der Waals surface area contributed by atoms with Crippen molar-refractivity contribution in [2.45, 2.75) is 30.3 Å². The van der Waals surface area contributed by atoms with E-state index in [9.17, 15) is 22.8 Å². The Kier molecular flexibility index (Phi) is 4.65. The smallest absolute Gasteiger partial charge is 0.255 e. The van der Waals surface area contributed by atoms with Crippen LogP contribution in [-0.4, -0.2) is 47.3 Å². The second kappa shape index (κ2) is 6.43. The highest BCUT2D eigenvalue weighted by Gasteiger charge is 2.40. The Morgan fingerprint density at radius 3 is 2.67 bits per heavy atom. The van der Waals surface area contributed by atoms with Crippen molar-refractivity contribution in [3.05, 3.63) is 29.3 Å². The number of benzene rings is 1. The van der Waals surface area contributed by atoms with Gasteiger partial charge >= 0.3 is 0 Å². The molecule has 1 saturated heterocycles. The first-order valence-corrected chi connectivity index (χ1v) is 10.6. The monoisotopic (exact) mass is 462 g/mol. The summed E-state index contributed by atoms with van der Waals surface area (Å²) >= 11 is 1.99. The molecule has 1 aromatic carbocycles. The Hall–Kier alpha value is -1.49. The maximum absolute atomic E-state index is 12.6. The molecule has 3 rings (SSSR count). The van der Waals surface area contributed by atoms with Crippen LogP contribution in [0.15, 0.2) is 23.1 Å². The van der Waals surface area contributed by atoms with E-state index in [-0.39, 0.29) is 41.8 Å². The molecule has 9 heteroatoms. The number of rotatable bonds is 4. The van der Waals surface area contributed by atoms with Crippen LogP contribution in [0.2, 0.25) is 0 Å². The van der Waals surface area contributed by atoms with Crippen LogP contribution < -0.4 is 5.32 Å². The number of imide groups is 1. The van der Waals surface area contributed by atoms with Crippen molar-refractivity contribution in [3.8, 4) is 0 Å². The first kappa shape index (κ1) is 17.3. The molecule has 1 unspecified atom stereocenters. The Bertz CT molecular complexity index is 836. The van der Waals surface area contributed by atoms with Gasteiger partial charge in [0.2, 0.25) is 11.8 Å². The van der Waals surface area contributed by atoms with E-state index < -0.39 is 21.8 Å². The molecule has 0 aromatic heterocycles. The van der Waals surface area contributed by atoms with Crippen LogP contribution in [0.3, 0.4) is 0 Å². The van der Waals surface area contributed by atoms with Crippen molar-refractivity contribution in [2.75, 3.05) is 10.2 Å². The molecule has 0 saturated carbocycles. The number of hydrogen-bond donors (Lipinski definition) is 1. The standard InChI is InChI=1S/C15H15IN2O5S/c16-6-7-24(22,23)12-3-1-2-9-10(12)8-18(15(9)21)11-4-5-13(19)17-14(11)20/h1-3,11H,4-8H2,(H,17,19,20). The number of carbonyl (C=O) groups is 3. The number of piperidine rings is 1. The van der Waals surface area contributed by atoms with E-state index in [2.05, 4.69) is 5.32 Å². The van der Waals surface area contributed by atoms with Crippen molar-refractivity contribution in [3.63, 3.8) is 0 Å². The van der Waals surface area contributed by atoms with Gasteiger partial charge in [-0.1, -0.05) is 28.7 Å². The zero-order chi connectivity index (χ0) is 17.5. The van der Waals surface area contributed by atoms with Crippen LogP contribution in [0.4, 0.5) is 0 Å². The van der Waals surface area contributed by atoms with Crippen LogP contribution in [-0.2, 0) is 26.0 Å². The maximum atomic E-state index is 12.6. The average molecular weight is 462 g/mol. The lowest BCUT2D eigenvalue weighted by Gasteiger charge is -2.29. The number of hydrogen-bond acceptors (Lipinski definition) is 5. The molecule has 2 aliphatic rings. The van der Waals surface area contributed by atoms with E-state index in [0.29, 0.717) is 15.6 Å². The van der Waals surface area contributed by atoms with Gasteiger partial charge in [0.05, 0.1) is 10.6 Å². The molecule has 0 bridgehead atoms. The van der Waals surface area contributed by atoms with E-state index in [0.717, 1.165) is 0 Å². The fourth-order valence-corrected chi connectivity index (χ4v) is 6.06. The zero-order valence-corrected chi connectivity index (χ0v) is 15.6. The number of alkyl halides is 1. The summed E-state index contributed by atoms with van der Waals surface area (Å²) in [5.41, 5.74) is 0.756. The molecule has 7 nitrogen and oxygen atoms in total. The van der Waals surface area contributed by atoms with Crippen molar-refractivity contribution in [1.82, 2.24) is 10.2 Å². The lowest BCUT2D eigenvalue weighted by molar-refractivity contribution is -0.136. The van der Waals surface area contributed by atoms with Crippen molar-refractivity contribution < 1.29 is 22.8 Å². The van der Waals surface area contributed by atoms with Gasteiger partial charge in [-0.25, -0.2) is 8.42 Å². The first-order chi connectivity index (χ1) is 11.3. The minimum atomic E-state index is -3.48. The molecular weight excluding hydrogens is 447 g/mol. The molecule has 128 valence electrons. The van der Waals surface area contributed by atoms with Gasteiger partial charge in [-0.2, -0.15) is 0 Å². The summed E-state index contributed by atoms with van der Waals surface area (Å²) in [5, 5.41) is 2.23. The summed E-state index contributed by atoms with van der Waals surface area (Å²) in [5.74, 6) is -1.24. The summed E-state index contributed by atoms with van der Waals surface area (Å²) in [7, 11) is -3.48. The normalized spacial score (nSPS) is 21.0. The summed E-state index contributed by atoms with van der Waals surface area (Å²) < 4.78 is 25.3. The van der Waals surface area contributed by atoms with E-state index >= 15 is 0 Å². The maximum Gasteiger partial charge on any atom is 0.255 e. The Labute approximate surface area is 152 Å². The summed E-state index contributed by atoms with van der Waals surface area (Å²) in [6, 6.07) is 3.88. The second-order valence-corrected chi connectivity index (χ2v) is 8.85. The molecule has 0 spiro atoms. The van der Waals surface area contributed by atoms with Gasteiger partial charge in [0.15, 0.2) is 9.84 Å². The number of amides is 3. The van der Waals surface area contributed by atoms with Crippen molar-refractivity contribution >= 4 is 50.1 Å². The van der Waals surface area contributed by atoms with Gasteiger partial charge in [0, 0.05) is 28.5 Å². The third kappa shape index (κ3) is 2.94. The number of halogens is 1. The minimum Gasteiger partial charge on any atom is -0.322 e. The van der Waals surface area contributed by atoms with Crippen LogP contribution in [0, 0.1) is 0 Å². The Morgan fingerprint density at radius 1 is 1.25 bits per heavy atom. The van der Waals surface area contributed by atoms with Crippen LogP contribution in [0.5, 0.6) is 0 Å². The van der Waals surface area contributed by atoms with Gasteiger partial charge in [0.25, 0.3) is 5.91 Å². The van der Waals surface area contributed by atoms with Gasteiger partial charge in [-0.05, 0) is 18.6 Å². The van der Waals surface area contributed by atoms with E-state index in [1.54, 1.807) is 12.1 Å². The number of fused-ring (bicyclic) bond motifs is 1. The molecule has 1 atom stereocenters. The van der Waals surface area contributed by atoms with Crippen molar-refractivity contribution in [1.29, 1.82) is 0 Å². The largest absolute Gasteiger partial charge is 0.322 e. The quantitative estimate of drug-likeness (QED) is 0.403. The Balaban J connectivity index is 1.96. The van der Waals surface area contributed by atoms with Crippen LogP contribution in [0.25, 0.3) is 0 Å². The summed E-state index contributed by atoms with van der Waals surface area (Å²) in [6.45, 7) is 0.0666. The predicted octanol–water partition coefficient (Wildman–Crippen LogP) is 0.656. The lowest BCUT2D eigenvalue weighted by Crippen LogP contribution is -2.52. The van der Waals surface area contributed by atoms with Gasteiger partial charge < -0.3 is 4.90 Å². The predicted molar refractivity (Wildman–Crippen MR) is 93.4 cm³/mol. The SMILES string of the molecule is O=C1CCC(N2Cc3c(cccc3S(=O)(=O)CCI)C2=O)C(=O)N1. The Morgan fingerprint density at radius 2 is 2.00 bits per heavy atom. The summed E-state index contributed by atoms with van der Waals surface area (Å²) in [6.07, 6.45) is 0.413. The molecule has 1 aromatic rings. The second-order valence-electron chi connectivity index (χ2n) is 5.69. The third-order valence-electron chi connectivity index (χ3n) is 4.22.